The lowest BCUT2D eigenvalue weighted by Gasteiger charge is -2.11. The number of ether oxygens (including phenoxy) is 1. The van der Waals surface area contributed by atoms with Crippen molar-refractivity contribution in [3.05, 3.63) is 131 Å². The Labute approximate surface area is 417 Å². The molecule has 1 saturated carbocycles. The number of Topliss-reactive ketones (excluding diaryl/α,β-unsaturated/α-hetero) is 2. The molecule has 0 radical (unpaired) electrons. The number of pyridine rings is 2. The molecule has 1 aliphatic carbocycles. The van der Waals surface area contributed by atoms with E-state index in [0.717, 1.165) is 96.3 Å². The van der Waals surface area contributed by atoms with Crippen molar-refractivity contribution in [2.24, 2.45) is 5.73 Å². The van der Waals surface area contributed by atoms with Gasteiger partial charge in [-0.25, -0.2) is 9.97 Å². The number of carbonyl (C=O) groups is 6. The van der Waals surface area contributed by atoms with Gasteiger partial charge in [-0.3, -0.25) is 28.8 Å². The van der Waals surface area contributed by atoms with Crippen molar-refractivity contribution < 1.29 is 33.5 Å². The topological polar surface area (TPSA) is 247 Å². The molecular formula is C53H58Cl2N8O7. The van der Waals surface area contributed by atoms with Crippen LogP contribution in [-0.2, 0) is 23.9 Å². The first kappa shape index (κ1) is 55.5. The highest BCUT2D eigenvalue weighted by molar-refractivity contribution is 6.34. The van der Waals surface area contributed by atoms with Crippen LogP contribution in [0.5, 0.6) is 0 Å². The molecule has 70 heavy (non-hydrogen) atoms. The minimum atomic E-state index is -1.10. The summed E-state index contributed by atoms with van der Waals surface area (Å²) in [4.78, 5) is 77.5. The van der Waals surface area contributed by atoms with E-state index in [1.807, 2.05) is 109 Å². The highest BCUT2D eigenvalue weighted by Crippen LogP contribution is 2.34. The first-order valence-electron chi connectivity index (χ1n) is 23.1. The summed E-state index contributed by atoms with van der Waals surface area (Å²) in [6, 6.07) is 34.5. The number of ketones is 2. The summed E-state index contributed by atoms with van der Waals surface area (Å²) >= 11 is 12.8. The molecule has 2 aromatic heterocycles. The van der Waals surface area contributed by atoms with Gasteiger partial charge in [0.05, 0.1) is 11.4 Å². The molecule has 7 rings (SSSR count). The lowest BCUT2D eigenvalue weighted by molar-refractivity contribution is -0.155. The molecule has 5 N–H and O–H groups in total. The van der Waals surface area contributed by atoms with Crippen LogP contribution in [0.15, 0.2) is 109 Å². The van der Waals surface area contributed by atoms with E-state index in [4.69, 9.17) is 39.7 Å². The summed E-state index contributed by atoms with van der Waals surface area (Å²) in [5.74, 6) is -1.50. The molecule has 6 aromatic rings. The summed E-state index contributed by atoms with van der Waals surface area (Å²) < 4.78 is 4.50. The van der Waals surface area contributed by atoms with Gasteiger partial charge in [-0.15, -0.1) is 0 Å². The van der Waals surface area contributed by atoms with E-state index < -0.39 is 12.1 Å². The molecule has 366 valence electrons. The molecule has 0 atom stereocenters. The van der Waals surface area contributed by atoms with Crippen LogP contribution >= 0.6 is 23.2 Å². The largest absolute Gasteiger partial charge is 0.446 e. The minimum Gasteiger partial charge on any atom is -0.446 e. The fourth-order valence-corrected chi connectivity index (χ4v) is 7.86. The Bertz CT molecular complexity index is 2750. The Morgan fingerprint density at radius 1 is 0.586 bits per heavy atom. The number of nitrogens with two attached hydrogens (primary N) is 1. The lowest BCUT2D eigenvalue weighted by Crippen LogP contribution is -2.27. The number of fused-ring (bicyclic) bond motifs is 2. The van der Waals surface area contributed by atoms with Crippen LogP contribution in [-0.4, -0.2) is 77.5 Å². The van der Waals surface area contributed by atoms with Crippen LogP contribution < -0.4 is 21.7 Å². The number of nitrogens with one attached hydrogen (secondary N) is 3. The van der Waals surface area contributed by atoms with E-state index in [1.165, 1.54) is 13.8 Å². The fourth-order valence-electron chi connectivity index (χ4n) is 7.41. The molecule has 0 saturated heterocycles. The van der Waals surface area contributed by atoms with Gasteiger partial charge in [-0.1, -0.05) is 134 Å². The second-order valence-corrected chi connectivity index (χ2v) is 17.0. The summed E-state index contributed by atoms with van der Waals surface area (Å²) in [5, 5.41) is 25.8. The number of hydrogen-bond acceptors (Lipinski definition) is 12. The maximum atomic E-state index is 12.7. The first-order valence-corrected chi connectivity index (χ1v) is 23.9. The number of nitrogens with zero attached hydrogens (tertiary/aromatic N) is 4. The number of unbranched alkanes of at least 4 members (excludes halogenated alkanes) is 6. The number of benzene rings is 4. The van der Waals surface area contributed by atoms with Crippen molar-refractivity contribution in [1.29, 1.82) is 10.8 Å². The van der Waals surface area contributed by atoms with Crippen molar-refractivity contribution in [3.63, 3.8) is 0 Å². The quantitative estimate of drug-likeness (QED) is 0.0272. The van der Waals surface area contributed by atoms with Crippen molar-refractivity contribution >= 4 is 80.0 Å². The van der Waals surface area contributed by atoms with Gasteiger partial charge in [-0.05, 0) is 67.3 Å². The van der Waals surface area contributed by atoms with E-state index in [2.05, 4.69) is 30.7 Å². The van der Waals surface area contributed by atoms with Gasteiger partial charge in [0.1, 0.15) is 11.4 Å². The van der Waals surface area contributed by atoms with Crippen LogP contribution in [0.4, 0.5) is 0 Å². The normalized spacial score (nSPS) is 11.8. The number of halogens is 2. The van der Waals surface area contributed by atoms with Crippen LogP contribution in [0.2, 0.25) is 10.0 Å². The third kappa shape index (κ3) is 17.1. The zero-order valence-electron chi connectivity index (χ0n) is 39.3. The molecule has 0 spiro atoms. The molecule has 4 aromatic carbocycles. The molecule has 0 bridgehead atoms. The fraction of sp³-hybridized carbons (Fsp3) is 0.321. The van der Waals surface area contributed by atoms with Crippen LogP contribution in [0.1, 0.15) is 99.0 Å². The lowest BCUT2D eigenvalue weighted by atomic mass is 10.0. The van der Waals surface area contributed by atoms with Gasteiger partial charge >= 0.3 is 5.97 Å². The van der Waals surface area contributed by atoms with Gasteiger partial charge in [-0.2, -0.15) is 0 Å². The van der Waals surface area contributed by atoms with Crippen molar-refractivity contribution in [1.82, 2.24) is 25.9 Å². The maximum Gasteiger partial charge on any atom is 0.303 e. The average molecular weight is 990 g/mol. The third-order valence-electron chi connectivity index (χ3n) is 10.9. The first-order chi connectivity index (χ1) is 33.9. The third-order valence-corrected chi connectivity index (χ3v) is 11.5. The monoisotopic (exact) mass is 988 g/mol. The molecular weight excluding hydrogens is 932 g/mol. The van der Waals surface area contributed by atoms with Crippen molar-refractivity contribution in [3.8, 4) is 22.5 Å². The van der Waals surface area contributed by atoms with E-state index >= 15 is 0 Å². The Balaban J connectivity index is 0.000000245. The number of rotatable bonds is 18. The Kier molecular flexibility index (Phi) is 23.5. The standard InChI is InChI=1S/C24H26ClN3O2.C22H24ClN3O.C7H8O4.N2/c1-17(29)26-14-8-2-3-9-15-27-24(30)22-16-18-10-4-5-11-19(18)23(28-22)20-12-6-7-13-21(20)25;23-19-12-6-5-11-18(19)21-17-10-4-3-9-16(17)15-20(26-21)22(27)25-14-8-2-1-7-13-24;1-4(8)11-7-5(9)2-3-6(7)10;1-2/h4-7,10-13,16H,2-3,8-9,14-15H2,1H3,(H,26,29)(H,27,30);3-6,9-12,15H,1-2,7-8,13-14,24H2,(H,25,27);7H,2-3H2,1H3;. The zero-order chi connectivity index (χ0) is 50.8. The second-order valence-electron chi connectivity index (χ2n) is 16.1. The number of hydrogen-bond donors (Lipinski definition) is 4. The van der Waals surface area contributed by atoms with Crippen LogP contribution in [0.25, 0.3) is 44.1 Å². The number of carbonyl (C=O) groups excluding carboxylic acids is 6. The summed E-state index contributed by atoms with van der Waals surface area (Å²) in [5.41, 5.74) is 9.36. The molecule has 0 aliphatic heterocycles. The summed E-state index contributed by atoms with van der Waals surface area (Å²) in [7, 11) is 0. The smallest absolute Gasteiger partial charge is 0.303 e. The second kappa shape index (κ2) is 29.7. The highest BCUT2D eigenvalue weighted by Gasteiger charge is 2.35. The molecule has 0 unspecified atom stereocenters. The Hall–Kier alpha value is -7.12. The Morgan fingerprint density at radius 2 is 0.971 bits per heavy atom. The summed E-state index contributed by atoms with van der Waals surface area (Å²) in [6.45, 7) is 5.35. The molecule has 15 nitrogen and oxygen atoms in total. The van der Waals surface area contributed by atoms with E-state index in [9.17, 15) is 28.8 Å². The van der Waals surface area contributed by atoms with Gasteiger partial charge in [0.2, 0.25) is 12.0 Å². The van der Waals surface area contributed by atoms with Gasteiger partial charge in [0, 0.05) is 89.1 Å². The number of aromatic nitrogens is 2. The number of esters is 1. The van der Waals surface area contributed by atoms with Crippen molar-refractivity contribution in [2.75, 3.05) is 26.2 Å². The van der Waals surface area contributed by atoms with Crippen molar-refractivity contribution in [2.45, 2.75) is 84.2 Å². The zero-order valence-corrected chi connectivity index (χ0v) is 40.9. The highest BCUT2D eigenvalue weighted by atomic mass is 35.5. The number of amides is 3. The molecule has 1 fully saturated rings. The van der Waals surface area contributed by atoms with E-state index in [1.54, 1.807) is 0 Å². The van der Waals surface area contributed by atoms with Crippen LogP contribution in [0, 0.1) is 10.8 Å². The van der Waals surface area contributed by atoms with Crippen LogP contribution in [0.3, 0.4) is 0 Å². The predicted octanol–water partition coefficient (Wildman–Crippen LogP) is 9.67. The predicted molar refractivity (Wildman–Crippen MR) is 272 cm³/mol. The maximum absolute atomic E-state index is 12.7. The van der Waals surface area contributed by atoms with Gasteiger partial charge < -0.3 is 26.4 Å². The molecule has 1 aliphatic rings. The van der Waals surface area contributed by atoms with E-state index in [0.29, 0.717) is 46.8 Å². The molecule has 17 heteroatoms. The minimum absolute atomic E-state index is 0.00121. The average Bonchev–Trinajstić information content (AvgIpc) is 3.68. The van der Waals surface area contributed by atoms with E-state index in [-0.39, 0.29) is 42.1 Å². The molecule has 3 amide bonds. The Morgan fingerprint density at radius 3 is 1.37 bits per heavy atom. The van der Waals surface area contributed by atoms with Gasteiger partial charge in [0.25, 0.3) is 11.8 Å². The summed E-state index contributed by atoms with van der Waals surface area (Å²) in [6.07, 6.45) is 7.28. The molecule has 2 heterocycles. The van der Waals surface area contributed by atoms with Gasteiger partial charge in [0.15, 0.2) is 11.6 Å². The SMILES string of the molecule is CC(=O)NCCCCCCNC(=O)c1cc2ccccc2c(-c2ccccc2Cl)n1.CC(=O)OC1C(=O)CCC1=O.N#N.NCCCCCCNC(=O)c1cc2ccccc2c(-c2ccccc2Cl)n1.